The second-order valence-corrected chi connectivity index (χ2v) is 4.26. The fourth-order valence-electron chi connectivity index (χ4n) is 1.79. The van der Waals surface area contributed by atoms with Gasteiger partial charge in [-0.05, 0) is 49.0 Å². The third-order valence-corrected chi connectivity index (χ3v) is 2.89. The average molecular weight is 272 g/mol. The lowest BCUT2D eigenvalue weighted by Crippen LogP contribution is -2.06. The number of hydrogen-bond acceptors (Lipinski definition) is 4. The fourth-order valence-corrected chi connectivity index (χ4v) is 2.15. The summed E-state index contributed by atoms with van der Waals surface area (Å²) >= 11 is 11.5. The summed E-state index contributed by atoms with van der Waals surface area (Å²) in [6, 6.07) is 0. The van der Waals surface area contributed by atoms with Gasteiger partial charge in [-0.1, -0.05) is 6.92 Å². The molecule has 2 aromatic rings. The molecule has 17 heavy (non-hydrogen) atoms. The van der Waals surface area contributed by atoms with Crippen LogP contribution in [0.4, 0.5) is 0 Å². The Morgan fingerprint density at radius 1 is 1.06 bits per heavy atom. The van der Waals surface area contributed by atoms with Crippen molar-refractivity contribution in [2.24, 2.45) is 0 Å². The minimum atomic E-state index is 0.0607. The first kappa shape index (κ1) is 12.3. The van der Waals surface area contributed by atoms with Crippen LogP contribution < -0.4 is 0 Å². The second-order valence-electron chi connectivity index (χ2n) is 3.59. The van der Waals surface area contributed by atoms with Gasteiger partial charge in [0.1, 0.15) is 0 Å². The molecule has 2 rings (SSSR count). The molecule has 0 N–H and O–H groups in total. The van der Waals surface area contributed by atoms with Crippen molar-refractivity contribution >= 4 is 23.2 Å². The van der Waals surface area contributed by atoms with Crippen LogP contribution in [0.5, 0.6) is 0 Å². The SMILES string of the molecule is CCc1c(C)nn(-c2nc(Cl)nc(Cl)n2)c1C. The maximum Gasteiger partial charge on any atom is 0.256 e. The molecule has 0 unspecified atom stereocenters. The molecule has 0 atom stereocenters. The number of halogens is 2. The molecule has 0 aliphatic heterocycles. The van der Waals surface area contributed by atoms with E-state index in [1.165, 1.54) is 5.56 Å². The fraction of sp³-hybridized carbons (Fsp3) is 0.400. The number of hydrogen-bond donors (Lipinski definition) is 0. The van der Waals surface area contributed by atoms with Gasteiger partial charge < -0.3 is 0 Å². The summed E-state index contributed by atoms with van der Waals surface area (Å²) in [5.74, 6) is 0.343. The highest BCUT2D eigenvalue weighted by Gasteiger charge is 2.14. The highest BCUT2D eigenvalue weighted by Crippen LogP contribution is 2.17. The molecule has 5 nitrogen and oxygen atoms in total. The quantitative estimate of drug-likeness (QED) is 0.843. The molecule has 0 spiro atoms. The predicted molar refractivity (Wildman–Crippen MR) is 65.8 cm³/mol. The smallest absolute Gasteiger partial charge is 0.203 e. The molecular formula is C10H11Cl2N5. The molecule has 0 saturated heterocycles. The summed E-state index contributed by atoms with van der Waals surface area (Å²) in [6.45, 7) is 5.99. The molecule has 0 aliphatic rings. The van der Waals surface area contributed by atoms with Crippen LogP contribution in [-0.2, 0) is 6.42 Å². The van der Waals surface area contributed by atoms with Crippen LogP contribution in [0.25, 0.3) is 5.95 Å². The van der Waals surface area contributed by atoms with E-state index in [4.69, 9.17) is 23.2 Å². The Balaban J connectivity index is 2.60. The van der Waals surface area contributed by atoms with E-state index < -0.39 is 0 Å². The number of rotatable bonds is 2. The van der Waals surface area contributed by atoms with Gasteiger partial charge in [0.25, 0.3) is 5.95 Å². The van der Waals surface area contributed by atoms with Crippen molar-refractivity contribution in [1.82, 2.24) is 24.7 Å². The molecule has 0 aliphatic carbocycles. The standard InChI is InChI=1S/C10H11Cl2N5/c1-4-7-5(2)16-17(6(7)3)10-14-8(11)13-9(12)15-10/h4H2,1-3H3. The van der Waals surface area contributed by atoms with E-state index in [2.05, 4.69) is 27.0 Å². The summed E-state index contributed by atoms with van der Waals surface area (Å²) in [5, 5.41) is 4.50. The van der Waals surface area contributed by atoms with Crippen LogP contribution in [0.2, 0.25) is 10.6 Å². The lowest BCUT2D eigenvalue weighted by molar-refractivity contribution is 0.763. The van der Waals surface area contributed by atoms with Gasteiger partial charge >= 0.3 is 0 Å². The third kappa shape index (κ3) is 2.25. The van der Waals surface area contributed by atoms with Gasteiger partial charge in [-0.15, -0.1) is 0 Å². The largest absolute Gasteiger partial charge is 0.256 e. The summed E-state index contributed by atoms with van der Waals surface area (Å²) < 4.78 is 1.63. The molecule has 0 radical (unpaired) electrons. The molecule has 0 fully saturated rings. The zero-order valence-corrected chi connectivity index (χ0v) is 11.2. The lowest BCUT2D eigenvalue weighted by Gasteiger charge is -2.03. The van der Waals surface area contributed by atoms with E-state index in [9.17, 15) is 0 Å². The topological polar surface area (TPSA) is 56.5 Å². The van der Waals surface area contributed by atoms with E-state index in [0.717, 1.165) is 17.8 Å². The molecule has 0 aromatic carbocycles. The summed E-state index contributed by atoms with van der Waals surface area (Å²) in [6.07, 6.45) is 0.907. The Labute approximate surface area is 109 Å². The molecule has 0 bridgehead atoms. The summed E-state index contributed by atoms with van der Waals surface area (Å²) in [7, 11) is 0. The van der Waals surface area contributed by atoms with Crippen molar-refractivity contribution in [3.8, 4) is 5.95 Å². The van der Waals surface area contributed by atoms with Gasteiger partial charge in [-0.3, -0.25) is 0 Å². The van der Waals surface area contributed by atoms with Crippen molar-refractivity contribution in [1.29, 1.82) is 0 Å². The van der Waals surface area contributed by atoms with Crippen LogP contribution in [0.15, 0.2) is 0 Å². The third-order valence-electron chi connectivity index (χ3n) is 2.55. The van der Waals surface area contributed by atoms with E-state index in [1.54, 1.807) is 4.68 Å². The number of aryl methyl sites for hydroxylation is 1. The molecule has 90 valence electrons. The maximum absolute atomic E-state index is 5.75. The van der Waals surface area contributed by atoms with Crippen LogP contribution >= 0.6 is 23.2 Å². The first-order valence-corrected chi connectivity index (χ1v) is 5.91. The number of aromatic nitrogens is 5. The summed E-state index contributed by atoms with van der Waals surface area (Å²) in [5.41, 5.74) is 3.12. The van der Waals surface area contributed by atoms with Gasteiger partial charge in [-0.25, -0.2) is 4.68 Å². The second kappa shape index (κ2) is 4.58. The normalized spacial score (nSPS) is 10.9. The van der Waals surface area contributed by atoms with E-state index in [1.807, 2.05) is 13.8 Å². The highest BCUT2D eigenvalue weighted by molar-refractivity contribution is 6.31. The Morgan fingerprint density at radius 3 is 2.12 bits per heavy atom. The minimum absolute atomic E-state index is 0.0607. The molecule has 0 saturated carbocycles. The zero-order chi connectivity index (χ0) is 12.6. The first-order chi connectivity index (χ1) is 8.02. The van der Waals surface area contributed by atoms with Crippen LogP contribution in [0.1, 0.15) is 23.9 Å². The van der Waals surface area contributed by atoms with Gasteiger partial charge in [0.2, 0.25) is 10.6 Å². The number of nitrogens with zero attached hydrogens (tertiary/aromatic N) is 5. The predicted octanol–water partition coefficient (Wildman–Crippen LogP) is 2.54. The van der Waals surface area contributed by atoms with Gasteiger partial charge in [0.05, 0.1) is 5.69 Å². The average Bonchev–Trinajstić information content (AvgIpc) is 2.52. The van der Waals surface area contributed by atoms with Gasteiger partial charge in [-0.2, -0.15) is 20.1 Å². The summed E-state index contributed by atoms with van der Waals surface area (Å²) in [4.78, 5) is 11.7. The van der Waals surface area contributed by atoms with Crippen LogP contribution in [0.3, 0.4) is 0 Å². The van der Waals surface area contributed by atoms with Gasteiger partial charge in [0.15, 0.2) is 0 Å². The molecular weight excluding hydrogens is 261 g/mol. The van der Waals surface area contributed by atoms with E-state index >= 15 is 0 Å². The molecule has 7 heteroatoms. The van der Waals surface area contributed by atoms with Crippen molar-refractivity contribution in [2.45, 2.75) is 27.2 Å². The molecule has 2 heterocycles. The monoisotopic (exact) mass is 271 g/mol. The Bertz CT molecular complexity index is 544. The first-order valence-electron chi connectivity index (χ1n) is 5.15. The van der Waals surface area contributed by atoms with Crippen molar-refractivity contribution < 1.29 is 0 Å². The van der Waals surface area contributed by atoms with Crippen molar-refractivity contribution in [3.05, 3.63) is 27.5 Å². The molecule has 2 aromatic heterocycles. The highest BCUT2D eigenvalue weighted by atomic mass is 35.5. The maximum atomic E-state index is 5.75. The van der Waals surface area contributed by atoms with Crippen LogP contribution in [0, 0.1) is 13.8 Å². The Morgan fingerprint density at radius 2 is 1.65 bits per heavy atom. The van der Waals surface area contributed by atoms with Crippen molar-refractivity contribution in [3.63, 3.8) is 0 Å². The Hall–Kier alpha value is -1.20. The van der Waals surface area contributed by atoms with Crippen LogP contribution in [-0.4, -0.2) is 24.7 Å². The minimum Gasteiger partial charge on any atom is -0.203 e. The zero-order valence-electron chi connectivity index (χ0n) is 9.70. The lowest BCUT2D eigenvalue weighted by atomic mass is 10.1. The van der Waals surface area contributed by atoms with E-state index in [0.29, 0.717) is 5.95 Å². The van der Waals surface area contributed by atoms with Crippen molar-refractivity contribution in [2.75, 3.05) is 0 Å². The Kier molecular flexibility index (Phi) is 3.31. The molecule has 0 amide bonds. The van der Waals surface area contributed by atoms with Gasteiger partial charge in [0, 0.05) is 5.69 Å². The van der Waals surface area contributed by atoms with E-state index in [-0.39, 0.29) is 10.6 Å².